The Balaban J connectivity index is 1.88. The molecule has 32 heavy (non-hydrogen) atoms. The maximum Gasteiger partial charge on any atom is 0.141 e. The fraction of sp³-hybridized carbons (Fsp3) is 0.259. The molecule has 1 aliphatic rings. The third-order valence-corrected chi connectivity index (χ3v) is 5.76. The SMILES string of the molecule is COc1ccccc1NCc1c(-c2cc(F)ccc2OC)ccc2c1C(C)=CC(C)(C)N2. The van der Waals surface area contributed by atoms with Gasteiger partial charge in [0.1, 0.15) is 17.3 Å². The predicted molar refractivity (Wildman–Crippen MR) is 130 cm³/mol. The Kier molecular flexibility index (Phi) is 5.83. The second-order valence-corrected chi connectivity index (χ2v) is 8.59. The van der Waals surface area contributed by atoms with Gasteiger partial charge >= 0.3 is 0 Å². The van der Waals surface area contributed by atoms with Crippen LogP contribution < -0.4 is 20.1 Å². The Morgan fingerprint density at radius 3 is 2.44 bits per heavy atom. The highest BCUT2D eigenvalue weighted by molar-refractivity contribution is 5.88. The van der Waals surface area contributed by atoms with Crippen LogP contribution in [-0.2, 0) is 6.54 Å². The molecule has 0 unspecified atom stereocenters. The van der Waals surface area contributed by atoms with Gasteiger partial charge in [-0.3, -0.25) is 0 Å². The normalized spacial score (nSPS) is 14.1. The maximum atomic E-state index is 14.3. The van der Waals surface area contributed by atoms with E-state index in [9.17, 15) is 4.39 Å². The van der Waals surface area contributed by atoms with Crippen molar-refractivity contribution in [2.24, 2.45) is 0 Å². The molecule has 0 amide bonds. The van der Waals surface area contributed by atoms with Crippen LogP contribution in [-0.4, -0.2) is 19.8 Å². The zero-order valence-electron chi connectivity index (χ0n) is 19.2. The van der Waals surface area contributed by atoms with Crippen LogP contribution in [0.4, 0.5) is 15.8 Å². The molecule has 0 fully saturated rings. The van der Waals surface area contributed by atoms with E-state index in [4.69, 9.17) is 9.47 Å². The minimum Gasteiger partial charge on any atom is -0.496 e. The Labute approximate surface area is 189 Å². The summed E-state index contributed by atoms with van der Waals surface area (Å²) in [7, 11) is 3.27. The van der Waals surface area contributed by atoms with E-state index in [1.165, 1.54) is 17.7 Å². The summed E-state index contributed by atoms with van der Waals surface area (Å²) < 4.78 is 25.3. The van der Waals surface area contributed by atoms with Gasteiger partial charge in [0, 0.05) is 23.4 Å². The molecule has 4 nitrogen and oxygen atoms in total. The van der Waals surface area contributed by atoms with Crippen molar-refractivity contribution in [1.29, 1.82) is 0 Å². The quantitative estimate of drug-likeness (QED) is 0.453. The molecule has 3 aromatic rings. The molecule has 166 valence electrons. The van der Waals surface area contributed by atoms with Crippen LogP contribution in [0.5, 0.6) is 11.5 Å². The number of allylic oxidation sites excluding steroid dienone is 1. The first-order chi connectivity index (χ1) is 15.3. The standard InChI is InChI=1S/C27H29FN2O2/c1-17-15-27(2,3)30-23-12-11-19(20-14-18(28)10-13-24(20)31-4)21(26(17)23)16-29-22-8-6-7-9-25(22)32-5/h6-15,29-30H,16H2,1-5H3. The average Bonchev–Trinajstić information content (AvgIpc) is 2.76. The summed E-state index contributed by atoms with van der Waals surface area (Å²) in [5, 5.41) is 7.13. The molecular formula is C27H29FN2O2. The lowest BCUT2D eigenvalue weighted by Crippen LogP contribution is -2.32. The summed E-state index contributed by atoms with van der Waals surface area (Å²) in [6.45, 7) is 6.96. The number of para-hydroxylation sites is 2. The average molecular weight is 433 g/mol. The van der Waals surface area contributed by atoms with E-state index in [0.717, 1.165) is 39.4 Å². The Bertz CT molecular complexity index is 1180. The van der Waals surface area contributed by atoms with E-state index >= 15 is 0 Å². The molecule has 4 rings (SSSR count). The van der Waals surface area contributed by atoms with E-state index in [2.05, 4.69) is 43.5 Å². The summed E-state index contributed by atoms with van der Waals surface area (Å²) in [6.07, 6.45) is 2.23. The summed E-state index contributed by atoms with van der Waals surface area (Å²) >= 11 is 0. The van der Waals surface area contributed by atoms with Crippen molar-refractivity contribution >= 4 is 16.9 Å². The van der Waals surface area contributed by atoms with Crippen LogP contribution in [0.3, 0.4) is 0 Å². The van der Waals surface area contributed by atoms with Crippen LogP contribution in [0.2, 0.25) is 0 Å². The third kappa shape index (κ3) is 4.15. The summed E-state index contributed by atoms with van der Waals surface area (Å²) in [5.41, 5.74) is 6.83. The summed E-state index contributed by atoms with van der Waals surface area (Å²) in [6, 6.07) is 16.6. The number of rotatable bonds is 6. The first-order valence-electron chi connectivity index (χ1n) is 10.7. The van der Waals surface area contributed by atoms with Gasteiger partial charge < -0.3 is 20.1 Å². The monoisotopic (exact) mass is 432 g/mol. The van der Waals surface area contributed by atoms with Crippen LogP contribution in [0.15, 0.2) is 60.7 Å². The number of fused-ring (bicyclic) bond motifs is 1. The van der Waals surface area contributed by atoms with E-state index in [1.54, 1.807) is 20.3 Å². The van der Waals surface area contributed by atoms with Crippen molar-refractivity contribution < 1.29 is 13.9 Å². The van der Waals surface area contributed by atoms with Gasteiger partial charge in [0.2, 0.25) is 0 Å². The van der Waals surface area contributed by atoms with Gasteiger partial charge in [0.15, 0.2) is 0 Å². The molecule has 0 atom stereocenters. The number of hydrogen-bond donors (Lipinski definition) is 2. The number of halogens is 1. The van der Waals surface area contributed by atoms with E-state index in [-0.39, 0.29) is 11.4 Å². The molecule has 0 saturated heterocycles. The Morgan fingerprint density at radius 1 is 0.938 bits per heavy atom. The fourth-order valence-corrected chi connectivity index (χ4v) is 4.50. The van der Waals surface area contributed by atoms with Crippen molar-refractivity contribution in [3.63, 3.8) is 0 Å². The minimum absolute atomic E-state index is 0.150. The van der Waals surface area contributed by atoms with Crippen molar-refractivity contribution in [1.82, 2.24) is 0 Å². The molecule has 0 radical (unpaired) electrons. The molecule has 1 aliphatic heterocycles. The van der Waals surface area contributed by atoms with E-state index in [1.807, 2.05) is 30.3 Å². The Hall–Kier alpha value is -3.47. The van der Waals surface area contributed by atoms with Gasteiger partial charge in [-0.15, -0.1) is 0 Å². The van der Waals surface area contributed by atoms with Gasteiger partial charge in [-0.2, -0.15) is 0 Å². The molecular weight excluding hydrogens is 403 g/mol. The third-order valence-electron chi connectivity index (χ3n) is 5.76. The second kappa shape index (κ2) is 8.58. The lowest BCUT2D eigenvalue weighted by atomic mass is 9.85. The number of anilines is 2. The first kappa shape index (κ1) is 21.8. The summed E-state index contributed by atoms with van der Waals surface area (Å²) in [4.78, 5) is 0. The Morgan fingerprint density at radius 2 is 1.69 bits per heavy atom. The van der Waals surface area contributed by atoms with Gasteiger partial charge in [-0.1, -0.05) is 24.3 Å². The zero-order chi connectivity index (χ0) is 22.9. The van der Waals surface area contributed by atoms with E-state index < -0.39 is 0 Å². The second-order valence-electron chi connectivity index (χ2n) is 8.59. The topological polar surface area (TPSA) is 42.5 Å². The van der Waals surface area contributed by atoms with Gasteiger partial charge in [-0.25, -0.2) is 4.39 Å². The lowest BCUT2D eigenvalue weighted by Gasteiger charge is -2.33. The molecule has 1 heterocycles. The fourth-order valence-electron chi connectivity index (χ4n) is 4.50. The lowest BCUT2D eigenvalue weighted by molar-refractivity contribution is 0.415. The van der Waals surface area contributed by atoms with Crippen LogP contribution in [0, 0.1) is 5.82 Å². The smallest absolute Gasteiger partial charge is 0.141 e. The molecule has 0 bridgehead atoms. The van der Waals surface area contributed by atoms with Crippen molar-refractivity contribution in [3.05, 3.63) is 77.6 Å². The molecule has 3 aromatic carbocycles. The number of ether oxygens (including phenoxy) is 2. The largest absolute Gasteiger partial charge is 0.496 e. The molecule has 0 spiro atoms. The first-order valence-corrected chi connectivity index (χ1v) is 10.7. The zero-order valence-corrected chi connectivity index (χ0v) is 19.2. The van der Waals surface area contributed by atoms with E-state index in [0.29, 0.717) is 12.3 Å². The number of nitrogens with one attached hydrogen (secondary N) is 2. The van der Waals surface area contributed by atoms with Crippen molar-refractivity contribution in [3.8, 4) is 22.6 Å². The van der Waals surface area contributed by atoms with Crippen LogP contribution in [0.25, 0.3) is 16.7 Å². The molecule has 0 aromatic heterocycles. The minimum atomic E-state index is -0.298. The molecule has 0 saturated carbocycles. The van der Waals surface area contributed by atoms with Crippen molar-refractivity contribution in [2.45, 2.75) is 32.9 Å². The molecule has 5 heteroatoms. The number of hydrogen-bond acceptors (Lipinski definition) is 4. The summed E-state index contributed by atoms with van der Waals surface area (Å²) in [5.74, 6) is 1.11. The van der Waals surface area contributed by atoms with Crippen molar-refractivity contribution in [2.75, 3.05) is 24.9 Å². The maximum absolute atomic E-state index is 14.3. The molecule has 0 aliphatic carbocycles. The van der Waals surface area contributed by atoms with Crippen LogP contribution >= 0.6 is 0 Å². The van der Waals surface area contributed by atoms with Gasteiger partial charge in [0.05, 0.1) is 25.4 Å². The van der Waals surface area contributed by atoms with Crippen LogP contribution in [0.1, 0.15) is 31.9 Å². The highest BCUT2D eigenvalue weighted by Gasteiger charge is 2.26. The number of benzene rings is 3. The highest BCUT2D eigenvalue weighted by Crippen LogP contribution is 2.43. The van der Waals surface area contributed by atoms with Gasteiger partial charge in [-0.05, 0) is 73.9 Å². The highest BCUT2D eigenvalue weighted by atomic mass is 19.1. The number of methoxy groups -OCH3 is 2. The molecule has 2 N–H and O–H groups in total. The van der Waals surface area contributed by atoms with Gasteiger partial charge in [0.25, 0.3) is 0 Å². The predicted octanol–water partition coefficient (Wildman–Crippen LogP) is 6.73.